The molecule has 1 heterocycles. The van der Waals surface area contributed by atoms with E-state index >= 15 is 0 Å². The van der Waals surface area contributed by atoms with Gasteiger partial charge in [-0.3, -0.25) is 0 Å². The Morgan fingerprint density at radius 1 is 1.35 bits per heavy atom. The van der Waals surface area contributed by atoms with Crippen LogP contribution < -0.4 is 5.32 Å². The Hall–Kier alpha value is -0.620. The normalized spacial score (nSPS) is 19.4. The second-order valence-corrected chi connectivity index (χ2v) is 6.69. The van der Waals surface area contributed by atoms with Crippen LogP contribution in [0.15, 0.2) is 5.16 Å². The van der Waals surface area contributed by atoms with Crippen LogP contribution in [0.4, 0.5) is 0 Å². The maximum absolute atomic E-state index is 4.22. The first-order valence-corrected chi connectivity index (χ1v) is 8.88. The zero-order valence-corrected chi connectivity index (χ0v) is 13.7. The van der Waals surface area contributed by atoms with Crippen molar-refractivity contribution >= 4 is 11.8 Å². The third kappa shape index (κ3) is 3.95. The predicted molar refractivity (Wildman–Crippen MR) is 83.0 cm³/mol. The van der Waals surface area contributed by atoms with Crippen LogP contribution in [-0.2, 0) is 0 Å². The van der Waals surface area contributed by atoms with Crippen LogP contribution in [-0.4, -0.2) is 38.5 Å². The second kappa shape index (κ2) is 7.98. The van der Waals surface area contributed by atoms with Gasteiger partial charge in [0.2, 0.25) is 5.16 Å². The fourth-order valence-corrected chi connectivity index (χ4v) is 3.98. The number of hydrogen-bond donors (Lipinski definition) is 1. The zero-order chi connectivity index (χ0) is 14.4. The van der Waals surface area contributed by atoms with E-state index in [4.69, 9.17) is 0 Å². The predicted octanol–water partition coefficient (Wildman–Crippen LogP) is 2.90. The molecule has 0 spiro atoms. The minimum Gasteiger partial charge on any atom is -0.313 e. The first-order valence-electron chi connectivity index (χ1n) is 7.90. The first kappa shape index (κ1) is 15.8. The third-order valence-electron chi connectivity index (χ3n) is 4.32. The molecule has 0 aromatic carbocycles. The monoisotopic (exact) mass is 297 g/mol. The number of tetrazole rings is 1. The number of thioether (sulfide) groups is 1. The van der Waals surface area contributed by atoms with Gasteiger partial charge in [0.05, 0.1) is 6.04 Å². The van der Waals surface area contributed by atoms with Crippen molar-refractivity contribution in [2.45, 2.75) is 70.1 Å². The summed E-state index contributed by atoms with van der Waals surface area (Å²) >= 11 is 1.80. The van der Waals surface area contributed by atoms with Gasteiger partial charge >= 0.3 is 0 Å². The van der Waals surface area contributed by atoms with E-state index in [-0.39, 0.29) is 0 Å². The van der Waals surface area contributed by atoms with Crippen molar-refractivity contribution in [3.05, 3.63) is 0 Å². The maximum atomic E-state index is 4.22. The van der Waals surface area contributed by atoms with Gasteiger partial charge in [0.1, 0.15) is 0 Å². The van der Waals surface area contributed by atoms with Crippen LogP contribution in [0.5, 0.6) is 0 Å². The summed E-state index contributed by atoms with van der Waals surface area (Å²) < 4.78 is 2.05. The van der Waals surface area contributed by atoms with Crippen LogP contribution in [0.2, 0.25) is 0 Å². The van der Waals surface area contributed by atoms with Gasteiger partial charge in [-0.2, -0.15) is 0 Å². The highest BCUT2D eigenvalue weighted by atomic mass is 32.2. The van der Waals surface area contributed by atoms with Crippen LogP contribution >= 0.6 is 11.8 Å². The Morgan fingerprint density at radius 2 is 2.10 bits per heavy atom. The molecule has 1 aromatic heterocycles. The second-order valence-electron chi connectivity index (χ2n) is 5.71. The van der Waals surface area contributed by atoms with E-state index in [0.717, 1.165) is 17.5 Å². The van der Waals surface area contributed by atoms with Gasteiger partial charge in [0.25, 0.3) is 0 Å². The van der Waals surface area contributed by atoms with Crippen LogP contribution in [0.1, 0.15) is 58.9 Å². The lowest BCUT2D eigenvalue weighted by molar-refractivity contribution is 0.401. The molecule has 0 aliphatic heterocycles. The van der Waals surface area contributed by atoms with Gasteiger partial charge in [0.15, 0.2) is 0 Å². The lowest BCUT2D eigenvalue weighted by Crippen LogP contribution is -2.36. The first-order chi connectivity index (χ1) is 9.76. The van der Waals surface area contributed by atoms with E-state index in [1.807, 2.05) is 0 Å². The highest BCUT2D eigenvalue weighted by Gasteiger charge is 2.23. The number of nitrogens with one attached hydrogen (secondary N) is 1. The summed E-state index contributed by atoms with van der Waals surface area (Å²) in [6.45, 7) is 7.75. The van der Waals surface area contributed by atoms with Gasteiger partial charge in [0, 0.05) is 11.8 Å². The highest BCUT2D eigenvalue weighted by Crippen LogP contribution is 2.31. The third-order valence-corrected chi connectivity index (χ3v) is 5.38. The summed E-state index contributed by atoms with van der Waals surface area (Å²) in [6.07, 6.45) is 6.26. The Kier molecular flexibility index (Phi) is 6.29. The molecule has 0 radical (unpaired) electrons. The standard InChI is InChI=1S/C14H27N5S/c1-4-11(3)13(15-5-2)10-20-14-16-17-18-19(14)12-8-6-7-9-12/h11-13,15H,4-10H2,1-3H3. The summed E-state index contributed by atoms with van der Waals surface area (Å²) in [5.74, 6) is 1.72. The van der Waals surface area contributed by atoms with E-state index in [1.54, 1.807) is 11.8 Å². The van der Waals surface area contributed by atoms with Crippen molar-refractivity contribution in [2.75, 3.05) is 12.3 Å². The van der Waals surface area contributed by atoms with Crippen LogP contribution in [0, 0.1) is 5.92 Å². The Bertz CT molecular complexity index is 389. The maximum Gasteiger partial charge on any atom is 0.209 e. The topological polar surface area (TPSA) is 55.6 Å². The highest BCUT2D eigenvalue weighted by molar-refractivity contribution is 7.99. The number of hydrogen-bond acceptors (Lipinski definition) is 5. The summed E-state index contributed by atoms with van der Waals surface area (Å²) in [5, 5.41) is 16.9. The smallest absolute Gasteiger partial charge is 0.209 e. The molecule has 1 aromatic rings. The summed E-state index contributed by atoms with van der Waals surface area (Å²) in [6, 6.07) is 1.05. The average Bonchev–Trinajstić information content (AvgIpc) is 3.12. The van der Waals surface area contributed by atoms with E-state index in [2.05, 4.69) is 46.3 Å². The fraction of sp³-hybridized carbons (Fsp3) is 0.929. The largest absolute Gasteiger partial charge is 0.313 e. The quantitative estimate of drug-likeness (QED) is 0.748. The van der Waals surface area contributed by atoms with E-state index in [1.165, 1.54) is 32.1 Å². The molecule has 0 saturated heterocycles. The summed E-state index contributed by atoms with van der Waals surface area (Å²) in [4.78, 5) is 0. The van der Waals surface area contributed by atoms with E-state index in [9.17, 15) is 0 Å². The van der Waals surface area contributed by atoms with Crippen molar-refractivity contribution in [1.29, 1.82) is 0 Å². The molecule has 1 fully saturated rings. The molecule has 6 heteroatoms. The van der Waals surface area contributed by atoms with Crippen LogP contribution in [0.3, 0.4) is 0 Å². The fourth-order valence-electron chi connectivity index (χ4n) is 2.79. The van der Waals surface area contributed by atoms with Crippen LogP contribution in [0.25, 0.3) is 0 Å². The molecule has 2 atom stereocenters. The SMILES string of the molecule is CCNC(CSc1nnnn1C1CCCC1)C(C)CC. The molecule has 1 N–H and O–H groups in total. The molecule has 1 saturated carbocycles. The lowest BCUT2D eigenvalue weighted by atomic mass is 10.0. The van der Waals surface area contributed by atoms with Crippen molar-refractivity contribution < 1.29 is 0 Å². The van der Waals surface area contributed by atoms with Crippen molar-refractivity contribution in [3.8, 4) is 0 Å². The molecule has 0 amide bonds. The molecule has 0 bridgehead atoms. The molecule has 1 aliphatic carbocycles. The van der Waals surface area contributed by atoms with E-state index < -0.39 is 0 Å². The van der Waals surface area contributed by atoms with Gasteiger partial charge in [-0.15, -0.1) is 5.10 Å². The van der Waals surface area contributed by atoms with Crippen molar-refractivity contribution in [1.82, 2.24) is 25.5 Å². The van der Waals surface area contributed by atoms with Crippen molar-refractivity contribution in [2.24, 2.45) is 5.92 Å². The lowest BCUT2D eigenvalue weighted by Gasteiger charge is -2.23. The molecule has 114 valence electrons. The zero-order valence-electron chi connectivity index (χ0n) is 12.9. The minimum atomic E-state index is 0.522. The van der Waals surface area contributed by atoms with Gasteiger partial charge in [-0.1, -0.05) is 51.8 Å². The summed E-state index contributed by atoms with van der Waals surface area (Å²) in [5.41, 5.74) is 0. The van der Waals surface area contributed by atoms with Gasteiger partial charge in [-0.25, -0.2) is 4.68 Å². The van der Waals surface area contributed by atoms with Crippen molar-refractivity contribution in [3.63, 3.8) is 0 Å². The Morgan fingerprint density at radius 3 is 2.75 bits per heavy atom. The molecule has 20 heavy (non-hydrogen) atoms. The molecule has 2 rings (SSSR count). The molecular weight excluding hydrogens is 270 g/mol. The Balaban J connectivity index is 1.93. The number of aromatic nitrogens is 4. The minimum absolute atomic E-state index is 0.522. The van der Waals surface area contributed by atoms with Gasteiger partial charge < -0.3 is 5.32 Å². The average molecular weight is 297 g/mol. The molecule has 2 unspecified atom stereocenters. The number of nitrogens with zero attached hydrogens (tertiary/aromatic N) is 4. The molecule has 5 nitrogen and oxygen atoms in total. The Labute approximate surface area is 126 Å². The molecule has 1 aliphatic rings. The van der Waals surface area contributed by atoms with E-state index in [0.29, 0.717) is 18.0 Å². The molecular formula is C14H27N5S. The number of rotatable bonds is 8. The van der Waals surface area contributed by atoms with Gasteiger partial charge in [-0.05, 0) is 35.7 Å². The summed E-state index contributed by atoms with van der Waals surface area (Å²) in [7, 11) is 0.